The summed E-state index contributed by atoms with van der Waals surface area (Å²) in [5.74, 6) is -7.86. The molecule has 2 saturated heterocycles. The summed E-state index contributed by atoms with van der Waals surface area (Å²) >= 11 is 5.13. The van der Waals surface area contributed by atoms with Crippen molar-refractivity contribution in [2.45, 2.75) is 190 Å². The van der Waals surface area contributed by atoms with Crippen molar-refractivity contribution >= 4 is 88.0 Å². The lowest BCUT2D eigenvalue weighted by atomic mass is 9.77. The average molecular weight is 1490 g/mol. The number of unbranched alkanes of at least 4 members (excludes halogenated alkanes) is 1. The number of rotatable bonds is 32. The Kier molecular flexibility index (Phi) is 26.8. The second-order valence-electron chi connectivity index (χ2n) is 28.6. The minimum atomic E-state index is -1.45. The third-order valence-corrected chi connectivity index (χ3v) is 20.7. The molecule has 4 heterocycles. The molecule has 1 unspecified atom stereocenters. The zero-order valence-corrected chi connectivity index (χ0v) is 60.9. The number of benzene rings is 4. The molecule has 31 nitrogen and oxygen atoms in total. The molecule has 3 fully saturated rings. The van der Waals surface area contributed by atoms with Gasteiger partial charge in [0.1, 0.15) is 71.0 Å². The van der Waals surface area contributed by atoms with Gasteiger partial charge in [0, 0.05) is 67.5 Å². The van der Waals surface area contributed by atoms with Gasteiger partial charge in [-0.05, 0) is 185 Å². The number of hydrogen-bond acceptors (Lipinski definition) is 18. The smallest absolute Gasteiger partial charge is 0.326 e. The van der Waals surface area contributed by atoms with Crippen LogP contribution in [0, 0.1) is 29.1 Å². The number of nitrogens with one attached hydrogen (secondary N) is 8. The van der Waals surface area contributed by atoms with Crippen LogP contribution in [-0.2, 0) is 59.9 Å². The van der Waals surface area contributed by atoms with E-state index in [4.69, 9.17) is 55.8 Å². The molecule has 0 aromatic heterocycles. The number of phenols is 3. The molecule has 4 aromatic carbocycles. The number of thiocarbonyl (C=S) groups is 1. The van der Waals surface area contributed by atoms with Crippen molar-refractivity contribution in [1.29, 1.82) is 5.41 Å². The number of hydrogen-bond donors (Lipinski definition) is 17. The predicted molar refractivity (Wildman–Crippen MR) is 396 cm³/mol. The van der Waals surface area contributed by atoms with E-state index in [0.717, 1.165) is 0 Å². The number of nitrogens with zero attached hydrogens (tertiary/aromatic N) is 3. The summed E-state index contributed by atoms with van der Waals surface area (Å²) in [4.78, 5) is 136. The van der Waals surface area contributed by atoms with Crippen LogP contribution in [0.4, 0.5) is 5.69 Å². The van der Waals surface area contributed by atoms with Gasteiger partial charge in [-0.15, -0.1) is 0 Å². The third-order valence-electron chi connectivity index (χ3n) is 20.6. The van der Waals surface area contributed by atoms with Crippen LogP contribution in [0.3, 0.4) is 0 Å². The summed E-state index contributed by atoms with van der Waals surface area (Å²) in [5.41, 5.74) is 31.4. The van der Waals surface area contributed by atoms with Gasteiger partial charge in [-0.25, -0.2) is 4.79 Å². The van der Waals surface area contributed by atoms with Gasteiger partial charge in [-0.3, -0.25) is 48.8 Å². The van der Waals surface area contributed by atoms with E-state index in [-0.39, 0.29) is 129 Å². The normalized spacial score (nSPS) is 20.3. The molecule has 10 atom stereocenters. The number of carbonyl (C=O) groups excluding carboxylic acids is 8. The Hall–Kier alpha value is -10.3. The minimum Gasteiger partial charge on any atom is -0.508 e. The molecule has 1 saturated carbocycles. The maximum Gasteiger partial charge on any atom is 0.326 e. The van der Waals surface area contributed by atoms with Gasteiger partial charge in [-0.1, -0.05) is 52.3 Å². The van der Waals surface area contributed by atoms with Crippen LogP contribution < -0.4 is 70.6 Å². The summed E-state index contributed by atoms with van der Waals surface area (Å²) in [6.45, 7) is 7.58. The number of carboxylic acids is 1. The lowest BCUT2D eigenvalue weighted by molar-refractivity contribution is -0.144. The monoisotopic (exact) mass is 1480 g/mol. The number of aliphatic imine (C=N–C) groups is 1. The van der Waals surface area contributed by atoms with Crippen LogP contribution in [0.15, 0.2) is 83.9 Å². The van der Waals surface area contributed by atoms with Crippen LogP contribution in [-0.4, -0.2) is 175 Å². The van der Waals surface area contributed by atoms with E-state index in [1.54, 1.807) is 56.3 Å². The number of anilines is 1. The van der Waals surface area contributed by atoms with Gasteiger partial charge in [0.2, 0.25) is 41.4 Å². The highest BCUT2D eigenvalue weighted by Crippen LogP contribution is 2.60. The quantitative estimate of drug-likeness (QED) is 0.0144. The average Bonchev–Trinajstić information content (AvgIpc) is 1.31. The van der Waals surface area contributed by atoms with Gasteiger partial charge in [0.05, 0.1) is 11.9 Å². The lowest BCUT2D eigenvalue weighted by Gasteiger charge is -2.37. The summed E-state index contributed by atoms with van der Waals surface area (Å²) < 4.78 is 13.1. The second kappa shape index (κ2) is 35.6. The standard InChI is InChI=1S/C74H100N16O15S/c1-5-39(4)59(66(97)86-54(71(102)103)33-38(2)3)87-63(94)53(34-40-15-22-44(91)23-16-40)85-64(95)55-13-10-32-90(55)70(101)52(12-8-30-82-72(78)79)84-67(98)60(41-17-19-42(20-18-41)62(76)77)88-65(96)56-14-9-31-89(56)69(100)51(75)11-6-7-29-81-68(99)61-47-35-43(83-73(80)106)21-26-48(47)74(105-61)49-27-24-45(92)36-57(49)104-58-37-46(93)25-28-50(58)74/h15-16,21-28,35-39,41-42,51-56,59-61,91-93H,5-14,17-20,29-34,75H2,1-4H3,(H3,76,77)(H,81,99)(H,84,98)(H,85,95)(H,86,97)(H,87,94)(H,88,96)(H,102,103)(H4,78,79,82)(H3,80,83,106)/t39-,41?,42?,51-,52-,53-,54-,55-,56-,59-,60-,61?/m0/s1. The van der Waals surface area contributed by atoms with Crippen LogP contribution >= 0.6 is 12.2 Å². The number of amidine groups is 1. The molecule has 572 valence electrons. The van der Waals surface area contributed by atoms with Crippen molar-refractivity contribution < 1.29 is 73.1 Å². The molecule has 1 aliphatic carbocycles. The Morgan fingerprint density at radius 2 is 1.25 bits per heavy atom. The maximum atomic E-state index is 15.2. The Balaban J connectivity index is 0.868. The Morgan fingerprint density at radius 3 is 1.84 bits per heavy atom. The maximum absolute atomic E-state index is 15.2. The molecule has 9 rings (SSSR count). The number of ether oxygens (including phenoxy) is 2. The van der Waals surface area contributed by atoms with E-state index in [0.29, 0.717) is 91.3 Å². The fourth-order valence-corrected chi connectivity index (χ4v) is 15.0. The summed E-state index contributed by atoms with van der Waals surface area (Å²) in [6.07, 6.45) is 2.91. The molecule has 1 spiro atoms. The molecule has 5 aliphatic rings. The highest BCUT2D eigenvalue weighted by atomic mass is 32.1. The topological polar surface area (TPSA) is 510 Å². The fraction of sp³-hybridized carbons (Fsp3) is 0.514. The zero-order chi connectivity index (χ0) is 76.8. The molecule has 22 N–H and O–H groups in total. The highest BCUT2D eigenvalue weighted by Gasteiger charge is 2.55. The first-order valence-corrected chi connectivity index (χ1v) is 36.7. The van der Waals surface area contributed by atoms with Crippen molar-refractivity contribution in [2.24, 2.45) is 57.3 Å². The molecular weight excluding hydrogens is 1380 g/mol. The van der Waals surface area contributed by atoms with E-state index in [1.165, 1.54) is 46.2 Å². The number of aromatic hydroxyl groups is 3. The number of phenolic OH excluding ortho intramolecular Hbond substituents is 3. The van der Waals surface area contributed by atoms with E-state index in [1.807, 2.05) is 13.8 Å². The number of carboxylic acid groups (broad SMARTS) is 1. The number of carbonyl (C=O) groups is 9. The number of amides is 8. The molecule has 0 bridgehead atoms. The van der Waals surface area contributed by atoms with Gasteiger partial charge in [-0.2, -0.15) is 0 Å². The number of nitrogens with two attached hydrogens (primary N) is 5. The summed E-state index contributed by atoms with van der Waals surface area (Å²) in [7, 11) is 0. The SMILES string of the molecule is CC[C@H](C)[C@H](NC(=O)[C@H](Cc1ccc(O)cc1)NC(=O)[C@@H]1CCCN1C(=O)[C@H](CCCN=C(N)N)NC(=O)[C@@H](NC(=O)[C@@H]1CCCN1C(=O)[C@@H](N)CCCCNC(=O)C1OC2(c3ccc(O)cc3Oc3cc(O)ccc32)c2ccc(NC(N)=S)cc21)C1CCC(C(=N)N)CC1)C(=O)N[C@@H](CC(C)C)C(=O)O. The van der Waals surface area contributed by atoms with Crippen molar-refractivity contribution in [3.63, 3.8) is 0 Å². The molecule has 32 heteroatoms. The number of likely N-dealkylation sites (tertiary alicyclic amines) is 2. The van der Waals surface area contributed by atoms with Crippen molar-refractivity contribution in [3.8, 4) is 28.7 Å². The first-order valence-electron chi connectivity index (χ1n) is 36.3. The Labute approximate surface area is 620 Å². The predicted octanol–water partition coefficient (Wildman–Crippen LogP) is 3.16. The van der Waals surface area contributed by atoms with Crippen LogP contribution in [0.2, 0.25) is 0 Å². The number of guanidine groups is 1. The molecule has 106 heavy (non-hydrogen) atoms. The molecule has 0 radical (unpaired) electrons. The third kappa shape index (κ3) is 19.2. The summed E-state index contributed by atoms with van der Waals surface area (Å²) in [5, 5.41) is 69.2. The fourth-order valence-electron chi connectivity index (χ4n) is 14.9. The Morgan fingerprint density at radius 1 is 0.660 bits per heavy atom. The van der Waals surface area contributed by atoms with Gasteiger partial charge in [0.15, 0.2) is 22.8 Å². The Bertz CT molecular complexity index is 3910. The van der Waals surface area contributed by atoms with Gasteiger partial charge >= 0.3 is 5.97 Å². The largest absolute Gasteiger partial charge is 0.508 e. The number of aliphatic carboxylic acids is 1. The van der Waals surface area contributed by atoms with Crippen molar-refractivity contribution in [2.75, 3.05) is 31.5 Å². The highest BCUT2D eigenvalue weighted by molar-refractivity contribution is 7.80. The molecule has 4 aliphatic heterocycles. The lowest BCUT2D eigenvalue weighted by Crippen LogP contribution is -2.61. The number of fused-ring (bicyclic) bond motifs is 6. The molecule has 8 amide bonds. The van der Waals surface area contributed by atoms with E-state index in [9.17, 15) is 54.0 Å². The van der Waals surface area contributed by atoms with Crippen molar-refractivity contribution in [1.82, 2.24) is 41.7 Å². The molecule has 4 aromatic rings. The van der Waals surface area contributed by atoms with Gasteiger partial charge < -0.3 is 106 Å². The van der Waals surface area contributed by atoms with Crippen LogP contribution in [0.5, 0.6) is 28.7 Å². The van der Waals surface area contributed by atoms with Crippen molar-refractivity contribution in [3.05, 3.63) is 107 Å². The van der Waals surface area contributed by atoms with Crippen LogP contribution in [0.25, 0.3) is 0 Å². The molecular formula is C74H100N16O15S. The minimum absolute atomic E-state index is 0.00748. The summed E-state index contributed by atoms with van der Waals surface area (Å²) in [6, 6.07) is 10.5. The van der Waals surface area contributed by atoms with E-state index in [2.05, 4.69) is 42.2 Å². The van der Waals surface area contributed by atoms with E-state index >= 15 is 9.59 Å². The first-order chi connectivity index (χ1) is 50.5. The second-order valence-corrected chi connectivity index (χ2v) is 29.0. The first kappa shape index (κ1) is 79.8. The van der Waals surface area contributed by atoms with E-state index < -0.39 is 125 Å². The van der Waals surface area contributed by atoms with Gasteiger partial charge in [0.25, 0.3) is 5.91 Å². The zero-order valence-electron chi connectivity index (χ0n) is 60.1. The van der Waals surface area contributed by atoms with Crippen LogP contribution in [0.1, 0.15) is 158 Å².